The third-order valence-electron chi connectivity index (χ3n) is 8.51. The molecule has 10 heteroatoms. The van der Waals surface area contributed by atoms with Gasteiger partial charge in [0.05, 0.1) is 23.7 Å². The van der Waals surface area contributed by atoms with Gasteiger partial charge in [0.25, 0.3) is 0 Å². The molecule has 0 unspecified atom stereocenters. The Kier molecular flexibility index (Phi) is 5.90. The number of hydrogen-bond acceptors (Lipinski definition) is 6. The highest BCUT2D eigenvalue weighted by Gasteiger charge is 2.70. The van der Waals surface area contributed by atoms with Gasteiger partial charge in [0.1, 0.15) is 12.1 Å². The SMILES string of the molecule is CC[C@H](C)[C@@H](C(=O)O)N1C(=O)[C@@H]2C3C=CC([C@@H]2C1=O)[C@@H]1C(=O)N([C@H](C(=O)O)[C@@H](C)CC)C(=O)[C@H]31. The summed E-state index contributed by atoms with van der Waals surface area (Å²) in [5, 5.41) is 19.6. The molecule has 0 radical (unpaired) electrons. The van der Waals surface area contributed by atoms with Crippen LogP contribution in [0.25, 0.3) is 0 Å². The predicted octanol–water partition coefficient (Wildman–Crippen LogP) is 1.00. The molecule has 0 spiro atoms. The summed E-state index contributed by atoms with van der Waals surface area (Å²) in [6.45, 7) is 6.87. The van der Waals surface area contributed by atoms with E-state index in [4.69, 9.17) is 0 Å². The van der Waals surface area contributed by atoms with Gasteiger partial charge < -0.3 is 10.2 Å². The normalized spacial score (nSPS) is 35.3. The number of allylic oxidation sites excluding steroid dienone is 2. The molecular formula is C24H30N2O8. The number of likely N-dealkylation sites (tertiary alicyclic amines) is 2. The van der Waals surface area contributed by atoms with Gasteiger partial charge in [0.2, 0.25) is 23.6 Å². The third-order valence-corrected chi connectivity index (χ3v) is 8.51. The number of carbonyl (C=O) groups excluding carboxylic acids is 4. The van der Waals surface area contributed by atoms with Gasteiger partial charge in [0, 0.05) is 11.8 Å². The molecule has 5 aliphatic rings. The summed E-state index contributed by atoms with van der Waals surface area (Å²) < 4.78 is 0. The monoisotopic (exact) mass is 474 g/mol. The Hall–Kier alpha value is -3.04. The summed E-state index contributed by atoms with van der Waals surface area (Å²) in [5.41, 5.74) is 0. The first kappa shape index (κ1) is 24.1. The van der Waals surface area contributed by atoms with E-state index in [1.54, 1.807) is 39.8 Å². The van der Waals surface area contributed by atoms with Crippen LogP contribution >= 0.6 is 0 Å². The number of hydrogen-bond donors (Lipinski definition) is 2. The molecule has 184 valence electrons. The van der Waals surface area contributed by atoms with Crippen molar-refractivity contribution in [3.05, 3.63) is 12.2 Å². The lowest BCUT2D eigenvalue weighted by molar-refractivity contribution is -0.158. The maximum Gasteiger partial charge on any atom is 0.327 e. The summed E-state index contributed by atoms with van der Waals surface area (Å²) in [6, 6.07) is -2.64. The Balaban J connectivity index is 1.73. The van der Waals surface area contributed by atoms with Gasteiger partial charge in [-0.25, -0.2) is 9.59 Å². The van der Waals surface area contributed by atoms with Crippen molar-refractivity contribution in [2.75, 3.05) is 0 Å². The largest absolute Gasteiger partial charge is 0.480 e. The summed E-state index contributed by atoms with van der Waals surface area (Å²) in [5.74, 6) is -11.3. The van der Waals surface area contributed by atoms with Gasteiger partial charge in [-0.15, -0.1) is 0 Å². The van der Waals surface area contributed by atoms with E-state index in [1.807, 2.05) is 0 Å². The fourth-order valence-corrected chi connectivity index (χ4v) is 6.48. The Morgan fingerprint density at radius 2 is 0.971 bits per heavy atom. The van der Waals surface area contributed by atoms with Crippen LogP contribution in [-0.2, 0) is 28.8 Å². The number of carboxylic acid groups (broad SMARTS) is 2. The Morgan fingerprint density at radius 1 is 0.706 bits per heavy atom. The van der Waals surface area contributed by atoms with E-state index in [2.05, 4.69) is 0 Å². The fraction of sp³-hybridized carbons (Fsp3) is 0.667. The maximum absolute atomic E-state index is 13.5. The van der Waals surface area contributed by atoms with Crippen molar-refractivity contribution in [3.63, 3.8) is 0 Å². The zero-order chi connectivity index (χ0) is 25.2. The fourth-order valence-electron chi connectivity index (χ4n) is 6.48. The van der Waals surface area contributed by atoms with Crippen LogP contribution in [0.2, 0.25) is 0 Å². The number of imide groups is 2. The number of rotatable bonds is 8. The van der Waals surface area contributed by atoms with Crippen LogP contribution in [0.3, 0.4) is 0 Å². The minimum atomic E-state index is -1.32. The van der Waals surface area contributed by atoms with E-state index in [9.17, 15) is 39.0 Å². The number of carboxylic acids is 2. The van der Waals surface area contributed by atoms with Crippen LogP contribution in [0.1, 0.15) is 40.5 Å². The van der Waals surface area contributed by atoms with E-state index >= 15 is 0 Å². The van der Waals surface area contributed by atoms with Crippen LogP contribution in [0, 0.1) is 47.3 Å². The first-order chi connectivity index (χ1) is 16.0. The Labute approximate surface area is 196 Å². The molecule has 8 atom stereocenters. The van der Waals surface area contributed by atoms with Crippen LogP contribution < -0.4 is 0 Å². The average Bonchev–Trinajstić information content (AvgIpc) is 3.22. The molecule has 0 aromatic heterocycles. The molecule has 34 heavy (non-hydrogen) atoms. The Bertz CT molecular complexity index is 883. The van der Waals surface area contributed by atoms with Gasteiger partial charge >= 0.3 is 11.9 Å². The second-order valence-electron chi connectivity index (χ2n) is 10.1. The highest BCUT2D eigenvalue weighted by atomic mass is 16.4. The molecule has 0 aromatic carbocycles. The van der Waals surface area contributed by atoms with Crippen molar-refractivity contribution < 1.29 is 39.0 Å². The molecule has 3 aliphatic carbocycles. The molecule has 2 saturated heterocycles. The molecular weight excluding hydrogens is 444 g/mol. The lowest BCUT2D eigenvalue weighted by Crippen LogP contribution is -2.50. The number of aliphatic carboxylic acids is 2. The van der Waals surface area contributed by atoms with Crippen molar-refractivity contribution in [1.29, 1.82) is 0 Å². The predicted molar refractivity (Wildman–Crippen MR) is 116 cm³/mol. The second kappa shape index (κ2) is 8.32. The molecule has 0 aromatic rings. The Morgan fingerprint density at radius 3 is 1.18 bits per heavy atom. The molecule has 3 fully saturated rings. The highest BCUT2D eigenvalue weighted by molar-refractivity contribution is 6.13. The minimum Gasteiger partial charge on any atom is -0.480 e. The number of amides is 4. The van der Waals surface area contributed by atoms with Gasteiger partial charge in [-0.1, -0.05) is 52.7 Å². The summed E-state index contributed by atoms with van der Waals surface area (Å²) in [6.07, 6.45) is 4.23. The third kappa shape index (κ3) is 3.06. The van der Waals surface area contributed by atoms with E-state index in [0.717, 1.165) is 9.80 Å². The smallest absolute Gasteiger partial charge is 0.327 e. The van der Waals surface area contributed by atoms with Crippen molar-refractivity contribution in [2.45, 2.75) is 52.6 Å². The van der Waals surface area contributed by atoms with Gasteiger partial charge in [-0.3, -0.25) is 29.0 Å². The number of nitrogens with zero attached hydrogens (tertiary/aromatic N) is 2. The zero-order valence-corrected chi connectivity index (χ0v) is 19.6. The van der Waals surface area contributed by atoms with Crippen molar-refractivity contribution in [2.24, 2.45) is 47.3 Å². The molecule has 10 nitrogen and oxygen atoms in total. The molecule has 2 N–H and O–H groups in total. The molecule has 5 rings (SSSR count). The minimum absolute atomic E-state index is 0.442. The quantitative estimate of drug-likeness (QED) is 0.391. The van der Waals surface area contributed by atoms with Crippen LogP contribution in [-0.4, -0.2) is 67.7 Å². The van der Waals surface area contributed by atoms with Crippen LogP contribution in [0.15, 0.2) is 12.2 Å². The van der Waals surface area contributed by atoms with E-state index in [1.165, 1.54) is 0 Å². The molecule has 4 amide bonds. The van der Waals surface area contributed by atoms with Gasteiger partial charge in [-0.05, 0) is 11.8 Å². The topological polar surface area (TPSA) is 149 Å². The van der Waals surface area contributed by atoms with Crippen molar-refractivity contribution in [3.8, 4) is 0 Å². The molecule has 1 saturated carbocycles. The lowest BCUT2D eigenvalue weighted by Gasteiger charge is -2.44. The van der Waals surface area contributed by atoms with E-state index in [-0.39, 0.29) is 0 Å². The zero-order valence-electron chi connectivity index (χ0n) is 19.6. The lowest BCUT2D eigenvalue weighted by atomic mass is 9.54. The van der Waals surface area contributed by atoms with Crippen LogP contribution in [0.5, 0.6) is 0 Å². The van der Waals surface area contributed by atoms with E-state index < -0.39 is 95.0 Å². The highest BCUT2D eigenvalue weighted by Crippen LogP contribution is 2.58. The number of carbonyl (C=O) groups is 6. The average molecular weight is 475 g/mol. The molecule has 2 heterocycles. The summed E-state index contributed by atoms with van der Waals surface area (Å²) in [7, 11) is 0. The van der Waals surface area contributed by atoms with Crippen molar-refractivity contribution >= 4 is 35.6 Å². The van der Waals surface area contributed by atoms with Crippen LogP contribution in [0.4, 0.5) is 0 Å². The maximum atomic E-state index is 13.5. The second-order valence-corrected chi connectivity index (χ2v) is 10.1. The summed E-state index contributed by atoms with van der Waals surface area (Å²) in [4.78, 5) is 79.5. The standard InChI is InChI=1S/C24H30N2O8/c1-5-9(3)17(23(31)32)25-19(27)13-11-7-8-12(14(13)20(25)28)16-15(11)21(29)26(22(16)30)18(24(33)34)10(4)6-2/h7-18H,5-6H2,1-4H3,(H,31,32)(H,33,34)/t9-,10-,11?,12?,13-,14+,15-,16+,17-,18-/m0/s1. The first-order valence-electron chi connectivity index (χ1n) is 11.9. The first-order valence-corrected chi connectivity index (χ1v) is 11.9. The van der Waals surface area contributed by atoms with Gasteiger partial charge in [-0.2, -0.15) is 0 Å². The summed E-state index contributed by atoms with van der Waals surface area (Å²) >= 11 is 0. The molecule has 2 bridgehead atoms. The van der Waals surface area contributed by atoms with Crippen molar-refractivity contribution in [1.82, 2.24) is 9.80 Å². The van der Waals surface area contributed by atoms with Gasteiger partial charge in [0.15, 0.2) is 0 Å². The van der Waals surface area contributed by atoms with E-state index in [0.29, 0.717) is 12.8 Å². The molecule has 2 aliphatic heterocycles.